The summed E-state index contributed by atoms with van der Waals surface area (Å²) >= 11 is 0. The fraction of sp³-hybridized carbons (Fsp3) is 0.568. The van der Waals surface area contributed by atoms with Crippen LogP contribution in [-0.4, -0.2) is 170 Å². The van der Waals surface area contributed by atoms with E-state index in [4.69, 9.17) is 35.2 Å². The number of aromatic amines is 1. The third-order valence-corrected chi connectivity index (χ3v) is 10.2. The number of methoxy groups -OCH3 is 1. The standard InChI is InChI=1S/C37H52N10O15/c1-16-21(13-48)60-36(62-30-22(14-49)61-35(58-2)25(38)29(30)53)26(28(16)52)45-24(51)15-59-10-9-40-23(50)8-7-20(34(56)57)44-32(54)17-3-5-18(6-4-17)41-11-19-12-42-31-27(43-19)33(55)47-37(39)46-31/h3-6,12,16,20-22,25-26,28-30,35-36,41,48-49,52-53H,7-11,13-15,38H2,1-2H3,(H,40,50)(H,44,54)(H,45,51)(H,56,57)(H3,39,42,46,47,55). The number of ether oxygens (including phenoxy) is 5. The summed E-state index contributed by atoms with van der Waals surface area (Å²) in [5.74, 6) is -4.05. The maximum absolute atomic E-state index is 12.9. The number of aliphatic hydroxyl groups is 4. The highest BCUT2D eigenvalue weighted by Gasteiger charge is 2.50. The average Bonchev–Trinajstić information content (AvgIpc) is 3.25. The van der Waals surface area contributed by atoms with Crippen molar-refractivity contribution in [2.24, 2.45) is 11.7 Å². The number of aliphatic hydroxyl groups excluding tert-OH is 4. The number of aromatic nitrogens is 4. The van der Waals surface area contributed by atoms with Gasteiger partial charge in [0.25, 0.3) is 11.5 Å². The summed E-state index contributed by atoms with van der Waals surface area (Å²) in [6.45, 7) is -0.0644. The van der Waals surface area contributed by atoms with E-state index in [-0.39, 0.29) is 55.2 Å². The van der Waals surface area contributed by atoms with Crippen molar-refractivity contribution < 1.29 is 68.4 Å². The van der Waals surface area contributed by atoms with E-state index in [1.54, 1.807) is 19.1 Å². The maximum atomic E-state index is 12.9. The molecule has 62 heavy (non-hydrogen) atoms. The van der Waals surface area contributed by atoms with E-state index >= 15 is 0 Å². The van der Waals surface area contributed by atoms with Crippen LogP contribution < -0.4 is 38.3 Å². The van der Waals surface area contributed by atoms with Gasteiger partial charge in [-0.2, -0.15) is 4.98 Å². The molecule has 2 fully saturated rings. The van der Waals surface area contributed by atoms with Crippen LogP contribution in [0.25, 0.3) is 11.2 Å². The molecule has 11 atom stereocenters. The Morgan fingerprint density at radius 3 is 2.39 bits per heavy atom. The topological polar surface area (TPSA) is 387 Å². The van der Waals surface area contributed by atoms with Crippen LogP contribution in [0.15, 0.2) is 35.3 Å². The number of anilines is 2. The fourth-order valence-electron chi connectivity index (χ4n) is 6.70. The summed E-state index contributed by atoms with van der Waals surface area (Å²) in [7, 11) is 1.31. The number of H-pyrrole nitrogens is 1. The molecule has 0 radical (unpaired) electrons. The Kier molecular flexibility index (Phi) is 16.9. The van der Waals surface area contributed by atoms with Crippen molar-refractivity contribution in [3.63, 3.8) is 0 Å². The molecule has 2 saturated heterocycles. The molecule has 340 valence electrons. The zero-order valence-corrected chi connectivity index (χ0v) is 33.7. The normalized spacial score (nSPS) is 26.6. The Morgan fingerprint density at radius 1 is 1.00 bits per heavy atom. The molecule has 25 heteroatoms. The molecule has 14 N–H and O–H groups in total. The minimum atomic E-state index is -1.44. The van der Waals surface area contributed by atoms with Crippen molar-refractivity contribution in [3.8, 4) is 0 Å². The third-order valence-electron chi connectivity index (χ3n) is 10.2. The molecule has 0 bridgehead atoms. The van der Waals surface area contributed by atoms with E-state index < -0.39 is 116 Å². The first-order valence-electron chi connectivity index (χ1n) is 19.5. The predicted molar refractivity (Wildman–Crippen MR) is 213 cm³/mol. The van der Waals surface area contributed by atoms with Crippen molar-refractivity contribution in [2.45, 2.75) is 87.5 Å². The SMILES string of the molecule is COC1OC(CO)C(OC2OC(CO)C(C)C(O)C2NC(=O)COCCNC(=O)CCC(NC(=O)c2ccc(NCc3cnc4nc(N)[nH]c(=O)c4n3)cc2)C(=O)O)C(O)C1N. The first-order valence-corrected chi connectivity index (χ1v) is 19.5. The number of amides is 3. The van der Waals surface area contributed by atoms with Gasteiger partial charge in [0.05, 0.1) is 56.5 Å². The number of nitrogens with one attached hydrogen (secondary N) is 5. The van der Waals surface area contributed by atoms with Gasteiger partial charge in [0.1, 0.15) is 37.0 Å². The summed E-state index contributed by atoms with van der Waals surface area (Å²) in [5.41, 5.74) is 12.3. The first kappa shape index (κ1) is 47.6. The average molecular weight is 877 g/mol. The summed E-state index contributed by atoms with van der Waals surface area (Å²) in [6.07, 6.45) is -7.61. The monoisotopic (exact) mass is 876 g/mol. The van der Waals surface area contributed by atoms with Crippen molar-refractivity contribution in [1.29, 1.82) is 0 Å². The lowest BCUT2D eigenvalue weighted by molar-refractivity contribution is -0.323. The van der Waals surface area contributed by atoms with Crippen molar-refractivity contribution >= 4 is 46.5 Å². The number of fused-ring (bicyclic) bond motifs is 1. The molecule has 11 unspecified atom stereocenters. The zero-order chi connectivity index (χ0) is 45.1. The van der Waals surface area contributed by atoms with Gasteiger partial charge in [-0.1, -0.05) is 6.92 Å². The lowest BCUT2D eigenvalue weighted by atomic mass is 9.89. The Hall–Kier alpha value is -5.48. The molecule has 0 spiro atoms. The fourth-order valence-corrected chi connectivity index (χ4v) is 6.70. The molecule has 2 aliphatic heterocycles. The second kappa shape index (κ2) is 22.0. The van der Waals surface area contributed by atoms with Crippen LogP contribution in [0.4, 0.5) is 11.6 Å². The molecule has 4 heterocycles. The number of hydrogen-bond acceptors (Lipinski definition) is 20. The van der Waals surface area contributed by atoms with Crippen LogP contribution >= 0.6 is 0 Å². The highest BCUT2D eigenvalue weighted by Crippen LogP contribution is 2.31. The van der Waals surface area contributed by atoms with E-state index in [1.165, 1.54) is 25.4 Å². The minimum Gasteiger partial charge on any atom is -0.480 e. The number of hydrogen-bond donors (Lipinski definition) is 12. The molecule has 3 aromatic rings. The number of nitrogens with zero attached hydrogens (tertiary/aromatic N) is 3. The van der Waals surface area contributed by atoms with Gasteiger partial charge in [-0.15, -0.1) is 0 Å². The zero-order valence-electron chi connectivity index (χ0n) is 33.7. The number of nitrogen functional groups attached to an aromatic ring is 1. The summed E-state index contributed by atoms with van der Waals surface area (Å²) in [6, 6.07) is 2.40. The number of carbonyl (C=O) groups is 4. The molecule has 0 saturated carbocycles. The molecule has 2 aromatic heterocycles. The predicted octanol–water partition coefficient (Wildman–Crippen LogP) is -4.36. The molecule has 3 amide bonds. The quantitative estimate of drug-likeness (QED) is 0.0477. The lowest BCUT2D eigenvalue weighted by Gasteiger charge is -2.47. The lowest BCUT2D eigenvalue weighted by Crippen LogP contribution is -2.67. The Morgan fingerprint density at radius 2 is 1.71 bits per heavy atom. The number of rotatable bonds is 20. The Bertz CT molecular complexity index is 2060. The highest BCUT2D eigenvalue weighted by molar-refractivity contribution is 5.97. The molecule has 2 aliphatic rings. The van der Waals surface area contributed by atoms with Gasteiger partial charge in [-0.25, -0.2) is 14.8 Å². The Balaban J connectivity index is 1.03. The van der Waals surface area contributed by atoms with Crippen LogP contribution in [0.3, 0.4) is 0 Å². The molecule has 25 nitrogen and oxygen atoms in total. The number of carbonyl (C=O) groups excluding carboxylic acids is 3. The van der Waals surface area contributed by atoms with Crippen molar-refractivity contribution in [2.75, 3.05) is 51.1 Å². The Labute approximate surface area is 352 Å². The molecule has 0 aliphatic carbocycles. The van der Waals surface area contributed by atoms with Gasteiger partial charge in [0, 0.05) is 37.2 Å². The van der Waals surface area contributed by atoms with E-state index in [0.29, 0.717) is 11.4 Å². The van der Waals surface area contributed by atoms with Crippen LogP contribution in [-0.2, 0) is 44.6 Å². The van der Waals surface area contributed by atoms with E-state index in [0.717, 1.165) is 0 Å². The van der Waals surface area contributed by atoms with Gasteiger partial charge >= 0.3 is 5.97 Å². The number of carboxylic acids is 1. The van der Waals surface area contributed by atoms with Crippen LogP contribution in [0.5, 0.6) is 0 Å². The van der Waals surface area contributed by atoms with Gasteiger partial charge < -0.3 is 82.0 Å². The molecular formula is C37H52N10O15. The number of aliphatic carboxylic acids is 1. The third kappa shape index (κ3) is 12.1. The van der Waals surface area contributed by atoms with E-state index in [9.17, 15) is 49.5 Å². The van der Waals surface area contributed by atoms with E-state index in [2.05, 4.69) is 41.2 Å². The van der Waals surface area contributed by atoms with Gasteiger partial charge in [-0.3, -0.25) is 24.2 Å². The molecular weight excluding hydrogens is 824 g/mol. The van der Waals surface area contributed by atoms with Crippen LogP contribution in [0.1, 0.15) is 35.8 Å². The first-order chi connectivity index (χ1) is 29.6. The summed E-state index contributed by atoms with van der Waals surface area (Å²) in [5, 5.41) is 61.9. The summed E-state index contributed by atoms with van der Waals surface area (Å²) < 4.78 is 27.8. The second-order valence-electron chi connectivity index (χ2n) is 14.5. The molecule has 5 rings (SSSR count). The van der Waals surface area contributed by atoms with Gasteiger partial charge in [0.2, 0.25) is 17.8 Å². The second-order valence-corrected chi connectivity index (χ2v) is 14.5. The largest absolute Gasteiger partial charge is 0.480 e. The van der Waals surface area contributed by atoms with Crippen LogP contribution in [0.2, 0.25) is 0 Å². The van der Waals surface area contributed by atoms with E-state index in [1.807, 2.05) is 0 Å². The van der Waals surface area contributed by atoms with Crippen LogP contribution in [0, 0.1) is 5.92 Å². The minimum absolute atomic E-state index is 0.0227. The van der Waals surface area contributed by atoms with Gasteiger partial charge in [0.15, 0.2) is 23.7 Å². The van der Waals surface area contributed by atoms with Crippen molar-refractivity contribution in [1.82, 2.24) is 35.9 Å². The maximum Gasteiger partial charge on any atom is 0.326 e. The van der Waals surface area contributed by atoms with Crippen molar-refractivity contribution in [3.05, 3.63) is 52.1 Å². The number of carboxylic acid groups (broad SMARTS) is 1. The highest BCUT2D eigenvalue weighted by atomic mass is 16.7. The smallest absolute Gasteiger partial charge is 0.326 e. The number of nitrogens with two attached hydrogens (primary N) is 2. The van der Waals surface area contributed by atoms with Gasteiger partial charge in [-0.05, 0) is 30.7 Å². The summed E-state index contributed by atoms with van der Waals surface area (Å²) in [4.78, 5) is 76.9. The molecule has 1 aromatic carbocycles. The number of benzene rings is 1.